The van der Waals surface area contributed by atoms with Gasteiger partial charge in [0.15, 0.2) is 5.78 Å². The predicted molar refractivity (Wildman–Crippen MR) is 72.9 cm³/mol. The summed E-state index contributed by atoms with van der Waals surface area (Å²) in [7, 11) is 0. The maximum atomic E-state index is 12.4. The molecule has 1 heterocycles. The number of ketones is 1. The van der Waals surface area contributed by atoms with Gasteiger partial charge in [-0.15, -0.1) is 0 Å². The lowest BCUT2D eigenvalue weighted by atomic mass is 10.0. The number of aromatic amines is 1. The summed E-state index contributed by atoms with van der Waals surface area (Å²) in [6.45, 7) is 3.79. The molecule has 4 heteroatoms. The zero-order chi connectivity index (χ0) is 12.6. The summed E-state index contributed by atoms with van der Waals surface area (Å²) in [5.74, 6) is -0.0654. The van der Waals surface area contributed by atoms with E-state index in [4.69, 9.17) is 11.6 Å². The summed E-state index contributed by atoms with van der Waals surface area (Å²) < 4.78 is 0.805. The molecule has 0 atom stereocenters. The molecular weight excluding hydrogens is 302 g/mol. The minimum absolute atomic E-state index is 0.0654. The number of benzene rings is 1. The maximum Gasteiger partial charge on any atom is 0.197 e. The summed E-state index contributed by atoms with van der Waals surface area (Å²) in [6, 6.07) is 7.07. The number of hydrogen-bond donors (Lipinski definition) is 1. The molecular formula is C13H11BrClNO. The van der Waals surface area contributed by atoms with Crippen LogP contribution in [-0.4, -0.2) is 10.8 Å². The molecule has 0 fully saturated rings. The van der Waals surface area contributed by atoms with Gasteiger partial charge >= 0.3 is 0 Å². The van der Waals surface area contributed by atoms with Crippen LogP contribution in [-0.2, 0) is 0 Å². The van der Waals surface area contributed by atoms with Crippen molar-refractivity contribution in [1.82, 2.24) is 4.98 Å². The van der Waals surface area contributed by atoms with Gasteiger partial charge in [-0.3, -0.25) is 4.79 Å². The number of aromatic nitrogens is 1. The van der Waals surface area contributed by atoms with Crippen LogP contribution in [0.4, 0.5) is 0 Å². The van der Waals surface area contributed by atoms with Gasteiger partial charge in [-0.1, -0.05) is 23.7 Å². The summed E-state index contributed by atoms with van der Waals surface area (Å²) in [4.78, 5) is 15.5. The van der Waals surface area contributed by atoms with Gasteiger partial charge in [0.1, 0.15) is 0 Å². The van der Waals surface area contributed by atoms with Crippen molar-refractivity contribution in [3.8, 4) is 0 Å². The zero-order valence-electron chi connectivity index (χ0n) is 9.47. The average Bonchev–Trinajstić information content (AvgIpc) is 2.53. The Bertz CT molecular complexity index is 589. The van der Waals surface area contributed by atoms with Gasteiger partial charge in [0.05, 0.1) is 10.6 Å². The van der Waals surface area contributed by atoms with E-state index in [2.05, 4.69) is 20.9 Å². The van der Waals surface area contributed by atoms with Gasteiger partial charge in [0.2, 0.25) is 0 Å². The van der Waals surface area contributed by atoms with E-state index in [1.54, 1.807) is 12.1 Å². The van der Waals surface area contributed by atoms with E-state index in [-0.39, 0.29) is 5.78 Å². The average molecular weight is 313 g/mol. The van der Waals surface area contributed by atoms with Crippen molar-refractivity contribution in [2.75, 3.05) is 0 Å². The smallest absolute Gasteiger partial charge is 0.197 e. The van der Waals surface area contributed by atoms with Crippen molar-refractivity contribution < 1.29 is 4.79 Å². The summed E-state index contributed by atoms with van der Waals surface area (Å²) in [6.07, 6.45) is 0. The van der Waals surface area contributed by atoms with Gasteiger partial charge in [-0.25, -0.2) is 0 Å². The Hall–Kier alpha value is -1.06. The van der Waals surface area contributed by atoms with Crippen LogP contribution in [0.2, 0.25) is 5.02 Å². The van der Waals surface area contributed by atoms with Crippen molar-refractivity contribution in [2.45, 2.75) is 13.8 Å². The molecule has 0 amide bonds. The molecule has 0 bridgehead atoms. The van der Waals surface area contributed by atoms with Gasteiger partial charge in [0.25, 0.3) is 0 Å². The Morgan fingerprint density at radius 1 is 1.24 bits per heavy atom. The normalized spacial score (nSPS) is 10.6. The molecule has 1 aromatic carbocycles. The third-order valence-corrected chi connectivity index (χ3v) is 3.97. The van der Waals surface area contributed by atoms with Crippen LogP contribution in [0.25, 0.3) is 0 Å². The quantitative estimate of drug-likeness (QED) is 0.825. The SMILES string of the molecule is Cc1[nH]c(C)c(C(=O)c2ccccc2Cl)c1Br. The summed E-state index contributed by atoms with van der Waals surface area (Å²) in [5, 5.41) is 0.475. The molecule has 0 spiro atoms. The first-order chi connectivity index (χ1) is 8.02. The number of H-pyrrole nitrogens is 1. The molecule has 1 N–H and O–H groups in total. The van der Waals surface area contributed by atoms with E-state index in [9.17, 15) is 4.79 Å². The lowest BCUT2D eigenvalue weighted by Gasteiger charge is -2.03. The highest BCUT2D eigenvalue weighted by Gasteiger charge is 2.20. The van der Waals surface area contributed by atoms with Crippen LogP contribution in [0.15, 0.2) is 28.7 Å². The van der Waals surface area contributed by atoms with E-state index < -0.39 is 0 Å². The minimum Gasteiger partial charge on any atom is -0.361 e. The molecule has 2 rings (SSSR count). The number of aryl methyl sites for hydroxylation is 2. The number of carbonyl (C=O) groups is 1. The molecule has 1 aromatic heterocycles. The molecule has 0 saturated heterocycles. The van der Waals surface area contributed by atoms with Crippen molar-refractivity contribution in [2.24, 2.45) is 0 Å². The van der Waals surface area contributed by atoms with Crippen molar-refractivity contribution in [3.63, 3.8) is 0 Å². The van der Waals surface area contributed by atoms with Crippen molar-refractivity contribution >= 4 is 33.3 Å². The Morgan fingerprint density at radius 3 is 2.41 bits per heavy atom. The minimum atomic E-state index is -0.0654. The first-order valence-corrected chi connectivity index (χ1v) is 6.33. The fraction of sp³-hybridized carbons (Fsp3) is 0.154. The molecule has 17 heavy (non-hydrogen) atoms. The molecule has 88 valence electrons. The fourth-order valence-corrected chi connectivity index (χ4v) is 2.60. The topological polar surface area (TPSA) is 32.9 Å². The highest BCUT2D eigenvalue weighted by atomic mass is 79.9. The number of carbonyl (C=O) groups excluding carboxylic acids is 1. The van der Waals surface area contributed by atoms with Crippen LogP contribution in [0.3, 0.4) is 0 Å². The molecule has 0 aliphatic rings. The van der Waals surface area contributed by atoms with Gasteiger partial charge in [-0.05, 0) is 41.9 Å². The second kappa shape index (κ2) is 4.67. The molecule has 0 aliphatic carbocycles. The molecule has 0 radical (unpaired) electrons. The Kier molecular flexibility index (Phi) is 3.40. The maximum absolute atomic E-state index is 12.4. The predicted octanol–water partition coefficient (Wildman–Crippen LogP) is 4.28. The summed E-state index contributed by atoms with van der Waals surface area (Å²) in [5.41, 5.74) is 2.96. The molecule has 0 saturated carbocycles. The van der Waals surface area contributed by atoms with Gasteiger partial charge in [0, 0.05) is 21.4 Å². The van der Waals surface area contributed by atoms with Crippen LogP contribution in [0.1, 0.15) is 27.3 Å². The zero-order valence-corrected chi connectivity index (χ0v) is 11.8. The Balaban J connectivity index is 2.55. The van der Waals surface area contributed by atoms with Crippen molar-refractivity contribution in [3.05, 3.63) is 56.3 Å². The van der Waals surface area contributed by atoms with Crippen LogP contribution < -0.4 is 0 Å². The third-order valence-electron chi connectivity index (χ3n) is 2.64. The molecule has 2 nitrogen and oxygen atoms in total. The van der Waals surface area contributed by atoms with Crippen LogP contribution >= 0.6 is 27.5 Å². The van der Waals surface area contributed by atoms with Crippen LogP contribution in [0.5, 0.6) is 0 Å². The van der Waals surface area contributed by atoms with Gasteiger partial charge < -0.3 is 4.98 Å². The Labute approximate surface area is 113 Å². The van der Waals surface area contributed by atoms with Crippen LogP contribution in [0, 0.1) is 13.8 Å². The highest BCUT2D eigenvalue weighted by molar-refractivity contribution is 9.10. The lowest BCUT2D eigenvalue weighted by molar-refractivity contribution is 0.103. The first-order valence-electron chi connectivity index (χ1n) is 5.16. The van der Waals surface area contributed by atoms with E-state index >= 15 is 0 Å². The fourth-order valence-electron chi connectivity index (χ4n) is 1.80. The Morgan fingerprint density at radius 2 is 1.88 bits per heavy atom. The van der Waals surface area contributed by atoms with E-state index in [1.165, 1.54) is 0 Å². The number of halogens is 2. The van der Waals surface area contributed by atoms with Gasteiger partial charge in [-0.2, -0.15) is 0 Å². The molecule has 0 aliphatic heterocycles. The van der Waals surface area contributed by atoms with E-state index in [0.29, 0.717) is 16.1 Å². The van der Waals surface area contributed by atoms with E-state index in [1.807, 2.05) is 26.0 Å². The molecule has 2 aromatic rings. The standard InChI is InChI=1S/C13H11BrClNO/c1-7-11(12(14)8(2)16-7)13(17)9-5-3-4-6-10(9)15/h3-6,16H,1-2H3. The second-order valence-electron chi connectivity index (χ2n) is 3.87. The second-order valence-corrected chi connectivity index (χ2v) is 5.07. The number of hydrogen-bond acceptors (Lipinski definition) is 1. The largest absolute Gasteiger partial charge is 0.361 e. The lowest BCUT2D eigenvalue weighted by Crippen LogP contribution is -2.03. The summed E-state index contributed by atoms with van der Waals surface area (Å²) >= 11 is 9.46. The first kappa shape index (κ1) is 12.4. The third kappa shape index (κ3) is 2.17. The van der Waals surface area contributed by atoms with E-state index in [0.717, 1.165) is 15.9 Å². The number of rotatable bonds is 2. The highest BCUT2D eigenvalue weighted by Crippen LogP contribution is 2.28. The monoisotopic (exact) mass is 311 g/mol. The molecule has 0 unspecified atom stereocenters. The number of nitrogens with one attached hydrogen (secondary N) is 1. The van der Waals surface area contributed by atoms with Crippen molar-refractivity contribution in [1.29, 1.82) is 0 Å².